The maximum atomic E-state index is 12.3. The van der Waals surface area contributed by atoms with Crippen molar-refractivity contribution in [3.8, 4) is 5.75 Å². The lowest BCUT2D eigenvalue weighted by Crippen LogP contribution is -2.28. The monoisotopic (exact) mass is 299 g/mol. The summed E-state index contributed by atoms with van der Waals surface area (Å²) >= 11 is 0. The van der Waals surface area contributed by atoms with Gasteiger partial charge < -0.3 is 9.64 Å². The zero-order chi connectivity index (χ0) is 15.5. The van der Waals surface area contributed by atoms with E-state index in [1.54, 1.807) is 7.11 Å². The molecular weight excluding hydrogens is 274 g/mol. The van der Waals surface area contributed by atoms with Crippen LogP contribution in [0.5, 0.6) is 5.75 Å². The predicted octanol–water partition coefficient (Wildman–Crippen LogP) is 4.51. The van der Waals surface area contributed by atoms with Crippen LogP contribution in [0.25, 0.3) is 5.70 Å². The van der Waals surface area contributed by atoms with E-state index in [1.165, 1.54) is 48.1 Å². The molecule has 0 unspecified atom stereocenters. The standard InChI is InChI=1S/C19H25NO2/c1-3-4-5-6-7-14-8-11-18(21)20-13-15-12-16(22-2)9-10-17(15)19(14)20/h9-10,12H,3-8,11,13H2,1-2H3. The molecule has 3 heteroatoms. The summed E-state index contributed by atoms with van der Waals surface area (Å²) < 4.78 is 5.32. The van der Waals surface area contributed by atoms with Crippen molar-refractivity contribution in [2.75, 3.05) is 7.11 Å². The van der Waals surface area contributed by atoms with Gasteiger partial charge in [0.25, 0.3) is 0 Å². The second kappa shape index (κ2) is 6.55. The van der Waals surface area contributed by atoms with Gasteiger partial charge >= 0.3 is 0 Å². The third-order valence-corrected chi connectivity index (χ3v) is 4.77. The van der Waals surface area contributed by atoms with Crippen molar-refractivity contribution in [3.05, 3.63) is 34.9 Å². The van der Waals surface area contributed by atoms with E-state index >= 15 is 0 Å². The lowest BCUT2D eigenvalue weighted by molar-refractivity contribution is -0.128. The molecule has 1 aromatic rings. The molecule has 2 aliphatic rings. The van der Waals surface area contributed by atoms with Gasteiger partial charge in [0, 0.05) is 12.0 Å². The zero-order valence-corrected chi connectivity index (χ0v) is 13.7. The summed E-state index contributed by atoms with van der Waals surface area (Å²) in [5, 5.41) is 0. The molecule has 0 saturated carbocycles. The molecule has 2 aliphatic heterocycles. The second-order valence-corrected chi connectivity index (χ2v) is 6.27. The molecule has 3 nitrogen and oxygen atoms in total. The summed E-state index contributed by atoms with van der Waals surface area (Å²) in [7, 11) is 1.69. The van der Waals surface area contributed by atoms with Gasteiger partial charge in [-0.1, -0.05) is 26.2 Å². The fourth-order valence-electron chi connectivity index (χ4n) is 3.57. The van der Waals surface area contributed by atoms with E-state index < -0.39 is 0 Å². The molecule has 0 fully saturated rings. The average molecular weight is 299 g/mol. The summed E-state index contributed by atoms with van der Waals surface area (Å²) in [6, 6.07) is 6.19. The molecule has 0 saturated heterocycles. The molecule has 0 aliphatic carbocycles. The normalized spacial score (nSPS) is 16.8. The van der Waals surface area contributed by atoms with E-state index in [2.05, 4.69) is 19.1 Å². The van der Waals surface area contributed by atoms with Gasteiger partial charge in [-0.05, 0) is 48.6 Å². The molecule has 0 aromatic heterocycles. The SMILES string of the molecule is CCCCCCC1=C2c3ccc(OC)cc3CN2C(=O)CC1. The molecule has 2 heterocycles. The maximum absolute atomic E-state index is 12.3. The Morgan fingerprint density at radius 1 is 1.18 bits per heavy atom. The van der Waals surface area contributed by atoms with E-state index in [9.17, 15) is 4.79 Å². The lowest BCUT2D eigenvalue weighted by Gasteiger charge is -2.27. The number of unbranched alkanes of at least 4 members (excludes halogenated alkanes) is 3. The van der Waals surface area contributed by atoms with Gasteiger partial charge in [0.05, 0.1) is 19.4 Å². The van der Waals surface area contributed by atoms with E-state index in [-0.39, 0.29) is 5.91 Å². The van der Waals surface area contributed by atoms with Crippen molar-refractivity contribution in [1.29, 1.82) is 0 Å². The number of allylic oxidation sites excluding steroid dienone is 1. The van der Waals surface area contributed by atoms with Crippen LogP contribution in [0.2, 0.25) is 0 Å². The first kappa shape index (κ1) is 15.1. The number of amides is 1. The molecule has 118 valence electrons. The Kier molecular flexibility index (Phi) is 4.51. The highest BCUT2D eigenvalue weighted by atomic mass is 16.5. The molecule has 0 atom stereocenters. The molecule has 0 N–H and O–H groups in total. The minimum Gasteiger partial charge on any atom is -0.497 e. The van der Waals surface area contributed by atoms with Crippen molar-refractivity contribution in [1.82, 2.24) is 4.90 Å². The van der Waals surface area contributed by atoms with Gasteiger partial charge in [-0.3, -0.25) is 4.79 Å². The van der Waals surface area contributed by atoms with E-state index in [0.29, 0.717) is 13.0 Å². The summed E-state index contributed by atoms with van der Waals surface area (Å²) in [6.45, 7) is 2.95. The summed E-state index contributed by atoms with van der Waals surface area (Å²) in [6.07, 6.45) is 7.82. The fourth-order valence-corrected chi connectivity index (χ4v) is 3.57. The van der Waals surface area contributed by atoms with Gasteiger partial charge in [-0.25, -0.2) is 0 Å². The van der Waals surface area contributed by atoms with Crippen molar-refractivity contribution >= 4 is 11.6 Å². The molecule has 22 heavy (non-hydrogen) atoms. The second-order valence-electron chi connectivity index (χ2n) is 6.27. The summed E-state index contributed by atoms with van der Waals surface area (Å²) in [5.41, 5.74) is 5.13. The van der Waals surface area contributed by atoms with E-state index in [1.807, 2.05) is 11.0 Å². The lowest BCUT2D eigenvalue weighted by atomic mass is 9.94. The number of hydrogen-bond donors (Lipinski definition) is 0. The number of ether oxygens (including phenoxy) is 1. The van der Waals surface area contributed by atoms with Crippen LogP contribution in [0.1, 0.15) is 63.0 Å². The number of methoxy groups -OCH3 is 1. The van der Waals surface area contributed by atoms with Crippen LogP contribution in [-0.4, -0.2) is 17.9 Å². The molecule has 0 bridgehead atoms. The Hall–Kier alpha value is -1.77. The molecule has 0 spiro atoms. The van der Waals surface area contributed by atoms with Gasteiger partial charge in [-0.15, -0.1) is 0 Å². The quantitative estimate of drug-likeness (QED) is 0.723. The number of carbonyl (C=O) groups excluding carboxylic acids is 1. The molecule has 1 aromatic carbocycles. The minimum atomic E-state index is 0.266. The Labute approximate surface area is 133 Å². The van der Waals surface area contributed by atoms with Crippen molar-refractivity contribution in [2.45, 2.75) is 58.4 Å². The number of carbonyl (C=O) groups is 1. The Morgan fingerprint density at radius 2 is 2.05 bits per heavy atom. The van der Waals surface area contributed by atoms with Crippen LogP contribution >= 0.6 is 0 Å². The first-order valence-corrected chi connectivity index (χ1v) is 8.44. The van der Waals surface area contributed by atoms with Crippen LogP contribution in [-0.2, 0) is 11.3 Å². The van der Waals surface area contributed by atoms with Crippen molar-refractivity contribution in [2.24, 2.45) is 0 Å². The summed E-state index contributed by atoms with van der Waals surface area (Å²) in [5.74, 6) is 1.14. The number of hydrogen-bond acceptors (Lipinski definition) is 2. The first-order valence-electron chi connectivity index (χ1n) is 8.44. The topological polar surface area (TPSA) is 29.5 Å². The highest BCUT2D eigenvalue weighted by Gasteiger charge is 2.34. The minimum absolute atomic E-state index is 0.266. The van der Waals surface area contributed by atoms with Crippen LogP contribution in [0.3, 0.4) is 0 Å². The van der Waals surface area contributed by atoms with E-state index in [0.717, 1.165) is 18.6 Å². The molecule has 0 radical (unpaired) electrons. The van der Waals surface area contributed by atoms with Gasteiger partial charge in [-0.2, -0.15) is 0 Å². The third kappa shape index (κ3) is 2.77. The van der Waals surface area contributed by atoms with Crippen LogP contribution in [0, 0.1) is 0 Å². The molecule has 3 rings (SSSR count). The highest BCUT2D eigenvalue weighted by Crippen LogP contribution is 2.42. The van der Waals surface area contributed by atoms with Gasteiger partial charge in [0.15, 0.2) is 0 Å². The fraction of sp³-hybridized carbons (Fsp3) is 0.526. The summed E-state index contributed by atoms with van der Waals surface area (Å²) in [4.78, 5) is 14.3. The number of benzene rings is 1. The van der Waals surface area contributed by atoms with Crippen LogP contribution in [0.4, 0.5) is 0 Å². The number of rotatable bonds is 6. The van der Waals surface area contributed by atoms with Crippen LogP contribution < -0.4 is 4.74 Å². The zero-order valence-electron chi connectivity index (χ0n) is 13.7. The first-order chi connectivity index (χ1) is 10.7. The number of fused-ring (bicyclic) bond motifs is 3. The number of nitrogens with zero attached hydrogens (tertiary/aromatic N) is 1. The predicted molar refractivity (Wildman–Crippen MR) is 88.5 cm³/mol. The van der Waals surface area contributed by atoms with Gasteiger partial charge in [0.1, 0.15) is 5.75 Å². The Bertz CT molecular complexity index is 603. The third-order valence-electron chi connectivity index (χ3n) is 4.77. The Balaban J connectivity index is 1.89. The largest absolute Gasteiger partial charge is 0.497 e. The molecule has 1 amide bonds. The average Bonchev–Trinajstić information content (AvgIpc) is 2.93. The van der Waals surface area contributed by atoms with Crippen molar-refractivity contribution < 1.29 is 9.53 Å². The smallest absolute Gasteiger partial charge is 0.227 e. The maximum Gasteiger partial charge on any atom is 0.227 e. The van der Waals surface area contributed by atoms with Crippen molar-refractivity contribution in [3.63, 3.8) is 0 Å². The Morgan fingerprint density at radius 3 is 2.82 bits per heavy atom. The van der Waals surface area contributed by atoms with Gasteiger partial charge in [0.2, 0.25) is 5.91 Å². The highest BCUT2D eigenvalue weighted by molar-refractivity contribution is 5.93. The molecular formula is C19H25NO2. The van der Waals surface area contributed by atoms with E-state index in [4.69, 9.17) is 4.74 Å². The van der Waals surface area contributed by atoms with Crippen LogP contribution in [0.15, 0.2) is 23.8 Å².